The van der Waals surface area contributed by atoms with Gasteiger partial charge in [0.2, 0.25) is 0 Å². The van der Waals surface area contributed by atoms with Crippen molar-refractivity contribution >= 4 is 6.08 Å². The van der Waals surface area contributed by atoms with E-state index in [-0.39, 0.29) is 0 Å². The molecule has 2 nitrogen and oxygen atoms in total. The van der Waals surface area contributed by atoms with Gasteiger partial charge in [0.05, 0.1) is 0 Å². The van der Waals surface area contributed by atoms with Crippen LogP contribution in [-0.4, -0.2) is 11.1 Å². The minimum absolute atomic E-state index is 0.581. The molecule has 0 radical (unpaired) electrons. The summed E-state index contributed by atoms with van der Waals surface area (Å²) in [5.41, 5.74) is 10.3. The van der Waals surface area contributed by atoms with Gasteiger partial charge in [0.15, 0.2) is 0 Å². The summed E-state index contributed by atoms with van der Waals surface area (Å²) in [6.07, 6.45) is 4.00. The largest absolute Gasteiger partial charge is 0.327 e. The molecule has 2 aromatic rings. The minimum Gasteiger partial charge on any atom is -0.327 e. The second-order valence-electron chi connectivity index (χ2n) is 4.18. The average Bonchev–Trinajstić information content (AvgIpc) is 2.67. The third kappa shape index (κ3) is 2.48. The molecule has 0 spiro atoms. The zero-order chi connectivity index (χ0) is 12.3. The molecule has 0 unspecified atom stereocenters. The van der Waals surface area contributed by atoms with E-state index in [1.807, 2.05) is 12.2 Å². The van der Waals surface area contributed by atoms with Gasteiger partial charge in [-0.1, -0.05) is 24.3 Å². The quantitative estimate of drug-likeness (QED) is 0.856. The Kier molecular flexibility index (Phi) is 3.45. The fourth-order valence-electron chi connectivity index (χ4n) is 2.01. The number of nitrogens with two attached hydrogens (primary N) is 1. The normalized spacial score (nSPS) is 11.2. The number of aryl methyl sites for hydroxylation is 2. The average molecular weight is 226 g/mol. The van der Waals surface area contributed by atoms with Crippen LogP contribution in [0.2, 0.25) is 0 Å². The zero-order valence-corrected chi connectivity index (χ0v) is 10.4. The number of hydrogen-bond donors (Lipinski definition) is 1. The van der Waals surface area contributed by atoms with Crippen LogP contribution >= 0.6 is 0 Å². The van der Waals surface area contributed by atoms with Crippen molar-refractivity contribution in [1.82, 2.24) is 4.57 Å². The molecule has 0 saturated heterocycles. The fraction of sp³-hybridized carbons (Fsp3) is 0.200. The van der Waals surface area contributed by atoms with Gasteiger partial charge in [-0.3, -0.25) is 0 Å². The molecule has 0 atom stereocenters. The summed E-state index contributed by atoms with van der Waals surface area (Å²) < 4.78 is 2.25. The lowest BCUT2D eigenvalue weighted by molar-refractivity contribution is 0.966. The number of aromatic nitrogens is 1. The summed E-state index contributed by atoms with van der Waals surface area (Å²) in [4.78, 5) is 0. The molecule has 2 heteroatoms. The molecule has 0 fully saturated rings. The van der Waals surface area contributed by atoms with Gasteiger partial charge in [-0.2, -0.15) is 0 Å². The predicted octanol–water partition coefficient (Wildman–Crippen LogP) is 3.07. The Balaban J connectivity index is 2.33. The zero-order valence-electron chi connectivity index (χ0n) is 10.4. The molecule has 0 aliphatic carbocycles. The van der Waals surface area contributed by atoms with Crippen LogP contribution in [0.1, 0.15) is 17.0 Å². The van der Waals surface area contributed by atoms with Crippen molar-refractivity contribution in [3.8, 4) is 5.69 Å². The van der Waals surface area contributed by atoms with Crippen molar-refractivity contribution in [2.45, 2.75) is 13.8 Å². The Morgan fingerprint density at radius 1 is 1.00 bits per heavy atom. The highest BCUT2D eigenvalue weighted by Crippen LogP contribution is 2.17. The summed E-state index contributed by atoms with van der Waals surface area (Å²) in [7, 11) is 0. The Hall–Kier alpha value is -1.80. The third-order valence-corrected chi connectivity index (χ3v) is 2.87. The highest BCUT2D eigenvalue weighted by Gasteiger charge is 2.02. The van der Waals surface area contributed by atoms with Crippen molar-refractivity contribution in [2.24, 2.45) is 5.73 Å². The monoisotopic (exact) mass is 226 g/mol. The van der Waals surface area contributed by atoms with Crippen LogP contribution in [0.5, 0.6) is 0 Å². The maximum absolute atomic E-state index is 5.43. The van der Waals surface area contributed by atoms with Gasteiger partial charge in [0, 0.05) is 23.6 Å². The summed E-state index contributed by atoms with van der Waals surface area (Å²) in [5.74, 6) is 0. The molecule has 0 saturated carbocycles. The maximum Gasteiger partial charge on any atom is 0.0455 e. The molecule has 2 rings (SSSR count). The lowest BCUT2D eigenvalue weighted by Crippen LogP contribution is -1.98. The number of rotatable bonds is 3. The number of benzene rings is 1. The Bertz CT molecular complexity index is 499. The summed E-state index contributed by atoms with van der Waals surface area (Å²) in [5, 5.41) is 0. The smallest absolute Gasteiger partial charge is 0.0455 e. The second kappa shape index (κ2) is 5.02. The molecule has 0 aliphatic heterocycles. The molecular weight excluding hydrogens is 208 g/mol. The standard InChI is InChI=1S/C15H18N2/c1-12-5-6-13(2)17(12)15-9-7-14(8-10-15)4-3-11-16/h3-10H,11,16H2,1-2H3. The van der Waals surface area contributed by atoms with Gasteiger partial charge in [0.25, 0.3) is 0 Å². The van der Waals surface area contributed by atoms with E-state index >= 15 is 0 Å². The number of nitrogens with zero attached hydrogens (tertiary/aromatic N) is 1. The van der Waals surface area contributed by atoms with Crippen LogP contribution in [0.4, 0.5) is 0 Å². The molecular formula is C15H18N2. The van der Waals surface area contributed by atoms with E-state index in [0.29, 0.717) is 6.54 Å². The van der Waals surface area contributed by atoms with Crippen LogP contribution in [0.3, 0.4) is 0 Å². The molecule has 1 aromatic carbocycles. The maximum atomic E-state index is 5.43. The van der Waals surface area contributed by atoms with E-state index in [1.165, 1.54) is 22.6 Å². The molecule has 17 heavy (non-hydrogen) atoms. The van der Waals surface area contributed by atoms with E-state index in [9.17, 15) is 0 Å². The summed E-state index contributed by atoms with van der Waals surface area (Å²) >= 11 is 0. The highest BCUT2D eigenvalue weighted by molar-refractivity contribution is 5.52. The van der Waals surface area contributed by atoms with E-state index in [0.717, 1.165) is 0 Å². The Morgan fingerprint density at radius 3 is 2.12 bits per heavy atom. The van der Waals surface area contributed by atoms with Crippen LogP contribution in [0.15, 0.2) is 42.5 Å². The van der Waals surface area contributed by atoms with E-state index < -0.39 is 0 Å². The molecule has 88 valence electrons. The first kappa shape index (κ1) is 11.7. The Labute approximate surface area is 102 Å². The van der Waals surface area contributed by atoms with Gasteiger partial charge in [-0.15, -0.1) is 0 Å². The fourth-order valence-corrected chi connectivity index (χ4v) is 2.01. The van der Waals surface area contributed by atoms with Gasteiger partial charge in [-0.05, 0) is 43.7 Å². The first-order valence-electron chi connectivity index (χ1n) is 5.84. The Morgan fingerprint density at radius 2 is 1.59 bits per heavy atom. The minimum atomic E-state index is 0.581. The lowest BCUT2D eigenvalue weighted by atomic mass is 10.2. The van der Waals surface area contributed by atoms with E-state index in [2.05, 4.69) is 54.8 Å². The first-order chi connectivity index (χ1) is 8.22. The second-order valence-corrected chi connectivity index (χ2v) is 4.18. The summed E-state index contributed by atoms with van der Waals surface area (Å²) in [6, 6.07) is 12.8. The van der Waals surface area contributed by atoms with Crippen molar-refractivity contribution in [3.05, 3.63) is 59.4 Å². The van der Waals surface area contributed by atoms with Gasteiger partial charge < -0.3 is 10.3 Å². The van der Waals surface area contributed by atoms with Crippen LogP contribution in [0.25, 0.3) is 11.8 Å². The van der Waals surface area contributed by atoms with E-state index in [4.69, 9.17) is 5.73 Å². The van der Waals surface area contributed by atoms with Crippen molar-refractivity contribution in [3.63, 3.8) is 0 Å². The van der Waals surface area contributed by atoms with Gasteiger partial charge >= 0.3 is 0 Å². The molecule has 1 heterocycles. The third-order valence-electron chi connectivity index (χ3n) is 2.87. The molecule has 0 bridgehead atoms. The van der Waals surface area contributed by atoms with Gasteiger partial charge in [0.1, 0.15) is 0 Å². The van der Waals surface area contributed by atoms with Crippen LogP contribution in [0, 0.1) is 13.8 Å². The lowest BCUT2D eigenvalue weighted by Gasteiger charge is -2.09. The highest BCUT2D eigenvalue weighted by atomic mass is 15.0. The van der Waals surface area contributed by atoms with Crippen molar-refractivity contribution < 1.29 is 0 Å². The van der Waals surface area contributed by atoms with Crippen LogP contribution in [-0.2, 0) is 0 Å². The SMILES string of the molecule is Cc1ccc(C)n1-c1ccc(C=CCN)cc1. The van der Waals surface area contributed by atoms with Crippen molar-refractivity contribution in [2.75, 3.05) is 6.54 Å². The molecule has 1 aromatic heterocycles. The number of hydrogen-bond acceptors (Lipinski definition) is 1. The van der Waals surface area contributed by atoms with E-state index in [1.54, 1.807) is 0 Å². The first-order valence-corrected chi connectivity index (χ1v) is 5.84. The predicted molar refractivity (Wildman–Crippen MR) is 73.3 cm³/mol. The van der Waals surface area contributed by atoms with Crippen LogP contribution < -0.4 is 5.73 Å². The topological polar surface area (TPSA) is 30.9 Å². The summed E-state index contributed by atoms with van der Waals surface area (Å²) in [6.45, 7) is 4.82. The van der Waals surface area contributed by atoms with Gasteiger partial charge in [-0.25, -0.2) is 0 Å². The molecule has 0 aliphatic rings. The molecule has 0 amide bonds. The molecule has 2 N–H and O–H groups in total. The van der Waals surface area contributed by atoms with Crippen molar-refractivity contribution in [1.29, 1.82) is 0 Å².